The van der Waals surface area contributed by atoms with E-state index in [4.69, 9.17) is 4.74 Å². The van der Waals surface area contributed by atoms with Gasteiger partial charge in [0.1, 0.15) is 5.75 Å². The molecule has 1 N–H and O–H groups in total. The minimum atomic E-state index is -0.217. The summed E-state index contributed by atoms with van der Waals surface area (Å²) in [6.07, 6.45) is 5.59. The second kappa shape index (κ2) is 6.19. The second-order valence-electron chi connectivity index (χ2n) is 4.38. The predicted molar refractivity (Wildman–Crippen MR) is 71.0 cm³/mol. The molecule has 1 aromatic rings. The Labute approximate surface area is 107 Å². The predicted octanol–water partition coefficient (Wildman–Crippen LogP) is 2.75. The summed E-state index contributed by atoms with van der Waals surface area (Å²) < 4.78 is 5.15. The van der Waals surface area contributed by atoms with Crippen molar-refractivity contribution >= 4 is 11.6 Å². The molecule has 18 heavy (non-hydrogen) atoms. The average molecular weight is 246 g/mol. The van der Waals surface area contributed by atoms with E-state index >= 15 is 0 Å². The summed E-state index contributed by atoms with van der Waals surface area (Å²) in [6, 6.07) is 7.14. The van der Waals surface area contributed by atoms with E-state index in [-0.39, 0.29) is 5.91 Å². The summed E-state index contributed by atoms with van der Waals surface area (Å²) in [7, 11) is 1.55. The van der Waals surface area contributed by atoms with E-state index in [1.807, 2.05) is 12.1 Å². The number of nitrogens with zero attached hydrogens (tertiary/aromatic N) is 1. The molecule has 1 amide bonds. The van der Waals surface area contributed by atoms with Gasteiger partial charge in [-0.15, -0.1) is 0 Å². The number of benzene rings is 1. The van der Waals surface area contributed by atoms with E-state index in [1.165, 1.54) is 19.3 Å². The maximum absolute atomic E-state index is 12.0. The Balaban J connectivity index is 2.03. The van der Waals surface area contributed by atoms with Gasteiger partial charge in [0.25, 0.3) is 5.91 Å². The highest BCUT2D eigenvalue weighted by atomic mass is 16.5. The summed E-state index contributed by atoms with van der Waals surface area (Å²) in [5, 5.41) is 4.20. The van der Waals surface area contributed by atoms with Crippen LogP contribution in [0.25, 0.3) is 0 Å². The van der Waals surface area contributed by atoms with E-state index < -0.39 is 0 Å². The number of carbonyl (C=O) groups excluding carboxylic acids is 1. The van der Waals surface area contributed by atoms with Crippen molar-refractivity contribution in [2.45, 2.75) is 32.1 Å². The van der Waals surface area contributed by atoms with Gasteiger partial charge in [-0.1, -0.05) is 18.6 Å². The molecule has 2 rings (SSSR count). The molecule has 0 spiro atoms. The second-order valence-corrected chi connectivity index (χ2v) is 4.38. The Hall–Kier alpha value is -1.84. The molecule has 1 aromatic carbocycles. The number of methoxy groups -OCH3 is 1. The Morgan fingerprint density at radius 1 is 1.22 bits per heavy atom. The first-order chi connectivity index (χ1) is 8.81. The van der Waals surface area contributed by atoms with E-state index in [2.05, 4.69) is 10.5 Å². The first kappa shape index (κ1) is 12.6. The van der Waals surface area contributed by atoms with Crippen LogP contribution in [0.1, 0.15) is 42.5 Å². The molecule has 0 atom stereocenters. The zero-order valence-electron chi connectivity index (χ0n) is 10.6. The Morgan fingerprint density at radius 2 is 1.94 bits per heavy atom. The van der Waals surface area contributed by atoms with Gasteiger partial charge in [-0.2, -0.15) is 5.10 Å². The highest BCUT2D eigenvalue weighted by Crippen LogP contribution is 2.17. The molecule has 0 aliphatic heterocycles. The number of nitrogens with one attached hydrogen (secondary N) is 1. The number of hydrogen-bond acceptors (Lipinski definition) is 3. The third-order valence-corrected chi connectivity index (χ3v) is 3.10. The summed E-state index contributed by atoms with van der Waals surface area (Å²) >= 11 is 0. The smallest absolute Gasteiger partial charge is 0.275 e. The molecule has 0 heterocycles. The van der Waals surface area contributed by atoms with Gasteiger partial charge in [-0.25, -0.2) is 5.43 Å². The SMILES string of the molecule is COc1ccccc1C(=O)NN=C1CCCCC1. The van der Waals surface area contributed by atoms with Gasteiger partial charge in [-0.3, -0.25) is 4.79 Å². The lowest BCUT2D eigenvalue weighted by atomic mass is 9.99. The van der Waals surface area contributed by atoms with Crippen LogP contribution in [0.15, 0.2) is 29.4 Å². The Morgan fingerprint density at radius 3 is 2.67 bits per heavy atom. The molecule has 1 aliphatic carbocycles. The quantitative estimate of drug-likeness (QED) is 0.834. The van der Waals surface area contributed by atoms with Gasteiger partial charge in [0.2, 0.25) is 0 Å². The van der Waals surface area contributed by atoms with Crippen molar-refractivity contribution in [2.75, 3.05) is 7.11 Å². The monoisotopic (exact) mass is 246 g/mol. The maximum atomic E-state index is 12.0. The number of amides is 1. The van der Waals surface area contributed by atoms with Gasteiger partial charge in [0.05, 0.1) is 12.7 Å². The fraction of sp³-hybridized carbons (Fsp3) is 0.429. The highest BCUT2D eigenvalue weighted by molar-refractivity contribution is 5.97. The third-order valence-electron chi connectivity index (χ3n) is 3.10. The topological polar surface area (TPSA) is 50.7 Å². The molecular weight excluding hydrogens is 228 g/mol. The van der Waals surface area contributed by atoms with E-state index in [0.717, 1.165) is 18.6 Å². The normalized spacial score (nSPS) is 15.1. The van der Waals surface area contributed by atoms with E-state index in [0.29, 0.717) is 11.3 Å². The molecule has 96 valence electrons. The van der Waals surface area contributed by atoms with Crippen molar-refractivity contribution in [3.8, 4) is 5.75 Å². The van der Waals surface area contributed by atoms with Crippen molar-refractivity contribution < 1.29 is 9.53 Å². The molecule has 0 aromatic heterocycles. The highest BCUT2D eigenvalue weighted by Gasteiger charge is 2.12. The molecule has 0 radical (unpaired) electrons. The fourth-order valence-electron chi connectivity index (χ4n) is 2.09. The third kappa shape index (κ3) is 3.09. The van der Waals surface area contributed by atoms with Crippen LogP contribution in [0, 0.1) is 0 Å². The van der Waals surface area contributed by atoms with Crippen LogP contribution >= 0.6 is 0 Å². The van der Waals surface area contributed by atoms with Crippen LogP contribution in [0.2, 0.25) is 0 Å². The molecule has 1 aliphatic rings. The number of hydrogen-bond donors (Lipinski definition) is 1. The van der Waals surface area contributed by atoms with Crippen molar-refractivity contribution in [3.05, 3.63) is 29.8 Å². The van der Waals surface area contributed by atoms with Crippen molar-refractivity contribution in [2.24, 2.45) is 5.10 Å². The summed E-state index contributed by atoms with van der Waals surface area (Å²) in [5.41, 5.74) is 4.21. The number of para-hydroxylation sites is 1. The van der Waals surface area contributed by atoms with Crippen molar-refractivity contribution in [1.82, 2.24) is 5.43 Å². The van der Waals surface area contributed by atoms with Crippen LogP contribution in [0.4, 0.5) is 0 Å². The first-order valence-electron chi connectivity index (χ1n) is 6.30. The number of carbonyl (C=O) groups is 1. The number of ether oxygens (including phenoxy) is 1. The Bertz CT molecular complexity index is 447. The zero-order valence-corrected chi connectivity index (χ0v) is 10.6. The zero-order chi connectivity index (χ0) is 12.8. The molecule has 4 nitrogen and oxygen atoms in total. The summed E-state index contributed by atoms with van der Waals surface area (Å²) in [6.45, 7) is 0. The summed E-state index contributed by atoms with van der Waals surface area (Å²) in [5.74, 6) is 0.351. The molecule has 0 bridgehead atoms. The number of rotatable bonds is 3. The first-order valence-corrected chi connectivity index (χ1v) is 6.30. The molecule has 0 unspecified atom stereocenters. The molecule has 1 fully saturated rings. The van der Waals surface area contributed by atoms with Crippen LogP contribution in [0.3, 0.4) is 0 Å². The maximum Gasteiger partial charge on any atom is 0.275 e. The Kier molecular flexibility index (Phi) is 4.34. The van der Waals surface area contributed by atoms with Crippen molar-refractivity contribution in [1.29, 1.82) is 0 Å². The van der Waals surface area contributed by atoms with Gasteiger partial charge in [-0.05, 0) is 37.8 Å². The van der Waals surface area contributed by atoms with Crippen LogP contribution < -0.4 is 10.2 Å². The molecule has 0 saturated heterocycles. The van der Waals surface area contributed by atoms with E-state index in [9.17, 15) is 4.79 Å². The fourth-order valence-corrected chi connectivity index (χ4v) is 2.09. The molecular formula is C14H18N2O2. The summed E-state index contributed by atoms with van der Waals surface area (Å²) in [4.78, 5) is 12.0. The van der Waals surface area contributed by atoms with Crippen LogP contribution in [-0.4, -0.2) is 18.7 Å². The lowest BCUT2D eigenvalue weighted by molar-refractivity contribution is 0.0951. The minimum Gasteiger partial charge on any atom is -0.496 e. The molecule has 4 heteroatoms. The number of hydrazone groups is 1. The lowest BCUT2D eigenvalue weighted by Gasteiger charge is -2.12. The van der Waals surface area contributed by atoms with Gasteiger partial charge in [0, 0.05) is 5.71 Å². The molecule has 1 saturated carbocycles. The van der Waals surface area contributed by atoms with Crippen LogP contribution in [-0.2, 0) is 0 Å². The van der Waals surface area contributed by atoms with Gasteiger partial charge in [0.15, 0.2) is 0 Å². The lowest BCUT2D eigenvalue weighted by Crippen LogP contribution is -2.21. The van der Waals surface area contributed by atoms with Crippen molar-refractivity contribution in [3.63, 3.8) is 0 Å². The minimum absolute atomic E-state index is 0.217. The largest absolute Gasteiger partial charge is 0.496 e. The van der Waals surface area contributed by atoms with Gasteiger partial charge >= 0.3 is 0 Å². The average Bonchev–Trinajstić information content (AvgIpc) is 2.45. The van der Waals surface area contributed by atoms with E-state index in [1.54, 1.807) is 19.2 Å². The van der Waals surface area contributed by atoms with Crippen LogP contribution in [0.5, 0.6) is 5.75 Å². The standard InChI is InChI=1S/C14H18N2O2/c1-18-13-10-6-5-9-12(13)14(17)16-15-11-7-3-2-4-8-11/h5-6,9-10H,2-4,7-8H2,1H3,(H,16,17). The van der Waals surface area contributed by atoms with Gasteiger partial charge < -0.3 is 4.74 Å².